The van der Waals surface area contributed by atoms with Crippen LogP contribution in [0.25, 0.3) is 22.7 Å². The van der Waals surface area contributed by atoms with Crippen LogP contribution in [0.3, 0.4) is 0 Å². The summed E-state index contributed by atoms with van der Waals surface area (Å²) in [5, 5.41) is 10.0. The standard InChI is InChI=1S/C14H9BrN2O3/c15-9-4-1-3-8(7-9)11-13(18)16-12(17-14(11)19)10-5-2-6-20-10/h1-7H,(H2,16,17,18,19). The van der Waals surface area contributed by atoms with E-state index in [1.165, 1.54) is 6.26 Å². The summed E-state index contributed by atoms with van der Waals surface area (Å²) in [4.78, 5) is 18.7. The molecule has 0 spiro atoms. The monoisotopic (exact) mass is 332 g/mol. The Kier molecular flexibility index (Phi) is 3.15. The minimum atomic E-state index is -0.429. The van der Waals surface area contributed by atoms with Crippen LogP contribution in [0.5, 0.6) is 5.88 Å². The summed E-state index contributed by atoms with van der Waals surface area (Å²) < 4.78 is 5.95. The molecule has 5 nitrogen and oxygen atoms in total. The van der Waals surface area contributed by atoms with Crippen molar-refractivity contribution in [3.05, 3.63) is 57.5 Å². The summed E-state index contributed by atoms with van der Waals surface area (Å²) in [6.07, 6.45) is 1.47. The maximum absolute atomic E-state index is 12.2. The summed E-state index contributed by atoms with van der Waals surface area (Å²) >= 11 is 3.33. The fraction of sp³-hybridized carbons (Fsp3) is 0. The number of hydrogen-bond donors (Lipinski definition) is 2. The van der Waals surface area contributed by atoms with E-state index in [1.807, 2.05) is 6.07 Å². The number of benzene rings is 1. The maximum atomic E-state index is 12.2. The van der Waals surface area contributed by atoms with Gasteiger partial charge in [0.05, 0.1) is 6.26 Å². The molecule has 20 heavy (non-hydrogen) atoms. The first-order chi connectivity index (χ1) is 9.65. The molecular formula is C14H9BrN2O3. The van der Waals surface area contributed by atoms with Crippen LogP contribution >= 0.6 is 15.9 Å². The minimum Gasteiger partial charge on any atom is -0.493 e. The molecular weight excluding hydrogens is 324 g/mol. The van der Waals surface area contributed by atoms with Crippen LogP contribution in [0.4, 0.5) is 0 Å². The van der Waals surface area contributed by atoms with Gasteiger partial charge in [0.1, 0.15) is 5.56 Å². The highest BCUT2D eigenvalue weighted by molar-refractivity contribution is 9.10. The Balaban J connectivity index is 2.17. The molecule has 2 heterocycles. The zero-order valence-corrected chi connectivity index (χ0v) is 11.7. The van der Waals surface area contributed by atoms with Gasteiger partial charge in [-0.05, 0) is 29.8 Å². The second kappa shape index (κ2) is 4.97. The molecule has 2 aromatic heterocycles. The summed E-state index contributed by atoms with van der Waals surface area (Å²) in [6.45, 7) is 0. The van der Waals surface area contributed by atoms with E-state index in [9.17, 15) is 9.90 Å². The summed E-state index contributed by atoms with van der Waals surface area (Å²) in [7, 11) is 0. The fourth-order valence-electron chi connectivity index (χ4n) is 1.90. The Morgan fingerprint density at radius 1 is 1.25 bits per heavy atom. The van der Waals surface area contributed by atoms with Crippen molar-refractivity contribution in [2.75, 3.05) is 0 Å². The van der Waals surface area contributed by atoms with Gasteiger partial charge in [-0.15, -0.1) is 0 Å². The second-order valence-corrected chi connectivity index (χ2v) is 5.02. The number of nitrogens with one attached hydrogen (secondary N) is 1. The van der Waals surface area contributed by atoms with Gasteiger partial charge in [0, 0.05) is 4.47 Å². The van der Waals surface area contributed by atoms with Crippen molar-refractivity contribution >= 4 is 15.9 Å². The van der Waals surface area contributed by atoms with Crippen molar-refractivity contribution in [1.29, 1.82) is 0 Å². The molecule has 0 aliphatic heterocycles. The Morgan fingerprint density at radius 2 is 2.10 bits per heavy atom. The van der Waals surface area contributed by atoms with Crippen molar-refractivity contribution in [2.45, 2.75) is 0 Å². The van der Waals surface area contributed by atoms with Gasteiger partial charge in [0.25, 0.3) is 5.56 Å². The van der Waals surface area contributed by atoms with Crippen molar-refractivity contribution in [3.63, 3.8) is 0 Å². The van der Waals surface area contributed by atoms with E-state index < -0.39 is 5.56 Å². The number of hydrogen-bond acceptors (Lipinski definition) is 4. The highest BCUT2D eigenvalue weighted by Crippen LogP contribution is 2.27. The molecule has 0 unspecified atom stereocenters. The number of halogens is 1. The number of furan rings is 1. The van der Waals surface area contributed by atoms with Crippen LogP contribution in [0.2, 0.25) is 0 Å². The number of H-pyrrole nitrogens is 1. The molecule has 0 saturated heterocycles. The predicted molar refractivity (Wildman–Crippen MR) is 77.4 cm³/mol. The third-order valence-electron chi connectivity index (χ3n) is 2.77. The smallest absolute Gasteiger partial charge is 0.263 e. The number of rotatable bonds is 2. The second-order valence-electron chi connectivity index (χ2n) is 4.10. The Bertz CT molecular complexity index is 810. The molecule has 3 aromatic rings. The van der Waals surface area contributed by atoms with Gasteiger partial charge in [-0.1, -0.05) is 28.1 Å². The summed E-state index contributed by atoms with van der Waals surface area (Å²) in [5.74, 6) is 0.243. The molecule has 6 heteroatoms. The number of aromatic nitrogens is 2. The topological polar surface area (TPSA) is 79.1 Å². The van der Waals surface area contributed by atoms with Crippen molar-refractivity contribution in [3.8, 4) is 28.6 Å². The van der Waals surface area contributed by atoms with E-state index in [-0.39, 0.29) is 17.3 Å². The van der Waals surface area contributed by atoms with Crippen LogP contribution in [0, 0.1) is 0 Å². The van der Waals surface area contributed by atoms with Crippen molar-refractivity contribution in [2.24, 2.45) is 0 Å². The molecule has 0 radical (unpaired) electrons. The van der Waals surface area contributed by atoms with Crippen LogP contribution < -0.4 is 5.56 Å². The van der Waals surface area contributed by atoms with Gasteiger partial charge in [-0.2, -0.15) is 4.98 Å². The van der Waals surface area contributed by atoms with Gasteiger partial charge in [0.15, 0.2) is 11.6 Å². The quantitative estimate of drug-likeness (QED) is 0.755. The highest BCUT2D eigenvalue weighted by atomic mass is 79.9. The fourth-order valence-corrected chi connectivity index (χ4v) is 2.29. The normalized spacial score (nSPS) is 10.7. The number of aromatic hydroxyl groups is 1. The average molecular weight is 333 g/mol. The lowest BCUT2D eigenvalue weighted by atomic mass is 10.1. The van der Waals surface area contributed by atoms with E-state index in [2.05, 4.69) is 25.9 Å². The lowest BCUT2D eigenvalue weighted by molar-refractivity contribution is 0.452. The van der Waals surface area contributed by atoms with Crippen molar-refractivity contribution < 1.29 is 9.52 Å². The molecule has 100 valence electrons. The first kappa shape index (κ1) is 12.7. The van der Waals surface area contributed by atoms with Crippen LogP contribution in [0.1, 0.15) is 0 Å². The molecule has 1 aromatic carbocycles. The first-order valence-electron chi connectivity index (χ1n) is 5.78. The third kappa shape index (κ3) is 2.25. The Labute approximate surface area is 122 Å². The molecule has 0 aliphatic rings. The van der Waals surface area contributed by atoms with E-state index >= 15 is 0 Å². The first-order valence-corrected chi connectivity index (χ1v) is 6.57. The van der Waals surface area contributed by atoms with Gasteiger partial charge >= 0.3 is 0 Å². The van der Waals surface area contributed by atoms with Crippen LogP contribution in [-0.2, 0) is 0 Å². The molecule has 3 rings (SSSR count). The highest BCUT2D eigenvalue weighted by Gasteiger charge is 2.15. The molecule has 2 N–H and O–H groups in total. The van der Waals surface area contributed by atoms with Crippen molar-refractivity contribution in [1.82, 2.24) is 9.97 Å². The Morgan fingerprint density at radius 3 is 2.75 bits per heavy atom. The summed E-state index contributed by atoms with van der Waals surface area (Å²) in [6, 6.07) is 10.4. The lowest BCUT2D eigenvalue weighted by Gasteiger charge is -2.05. The minimum absolute atomic E-state index is 0.126. The molecule has 0 saturated carbocycles. The third-order valence-corrected chi connectivity index (χ3v) is 3.26. The van der Waals surface area contributed by atoms with E-state index in [1.54, 1.807) is 30.3 Å². The molecule has 0 aliphatic carbocycles. The number of nitrogens with zero attached hydrogens (tertiary/aromatic N) is 1. The SMILES string of the molecule is O=c1[nH]c(-c2ccco2)nc(O)c1-c1cccc(Br)c1. The van der Waals surface area contributed by atoms with Crippen LogP contribution in [0.15, 0.2) is 56.3 Å². The zero-order chi connectivity index (χ0) is 14.1. The molecule has 0 amide bonds. The summed E-state index contributed by atoms with van der Waals surface area (Å²) in [5.41, 5.74) is 0.278. The van der Waals surface area contributed by atoms with Gasteiger partial charge in [-0.25, -0.2) is 0 Å². The van der Waals surface area contributed by atoms with E-state index in [0.717, 1.165) is 4.47 Å². The van der Waals surface area contributed by atoms with E-state index in [4.69, 9.17) is 4.42 Å². The van der Waals surface area contributed by atoms with E-state index in [0.29, 0.717) is 11.3 Å². The largest absolute Gasteiger partial charge is 0.493 e. The maximum Gasteiger partial charge on any atom is 0.263 e. The lowest BCUT2D eigenvalue weighted by Crippen LogP contribution is -2.11. The number of aromatic amines is 1. The van der Waals surface area contributed by atoms with Gasteiger partial charge in [-0.3, -0.25) is 4.79 Å². The van der Waals surface area contributed by atoms with Gasteiger partial charge < -0.3 is 14.5 Å². The molecule has 0 bridgehead atoms. The zero-order valence-electron chi connectivity index (χ0n) is 10.1. The predicted octanol–water partition coefficient (Wildman–Crippen LogP) is 3.17. The molecule has 0 atom stereocenters. The average Bonchev–Trinajstić information content (AvgIpc) is 2.91. The Hall–Kier alpha value is -2.34. The molecule has 0 fully saturated rings. The van der Waals surface area contributed by atoms with Gasteiger partial charge in [0.2, 0.25) is 5.88 Å². The van der Waals surface area contributed by atoms with Crippen LogP contribution in [-0.4, -0.2) is 15.1 Å².